The SMILES string of the molecule is CC(C)c1ccc2c(c1)C(N1CCOCC1)C(O)CO2. The molecule has 2 unspecified atom stereocenters. The van der Waals surface area contributed by atoms with Gasteiger partial charge >= 0.3 is 0 Å². The van der Waals surface area contributed by atoms with E-state index in [1.54, 1.807) is 0 Å². The monoisotopic (exact) mass is 277 g/mol. The van der Waals surface area contributed by atoms with Crippen LogP contribution in [0.25, 0.3) is 0 Å². The zero-order chi connectivity index (χ0) is 14.1. The van der Waals surface area contributed by atoms with E-state index in [2.05, 4.69) is 30.9 Å². The number of fused-ring (bicyclic) bond motifs is 1. The first-order chi connectivity index (χ1) is 9.66. The maximum Gasteiger partial charge on any atom is 0.124 e. The van der Waals surface area contributed by atoms with Gasteiger partial charge in [-0.1, -0.05) is 26.0 Å². The Labute approximate surface area is 120 Å². The highest BCUT2D eigenvalue weighted by atomic mass is 16.5. The van der Waals surface area contributed by atoms with E-state index < -0.39 is 6.10 Å². The van der Waals surface area contributed by atoms with Gasteiger partial charge in [0.1, 0.15) is 18.5 Å². The van der Waals surface area contributed by atoms with Crippen molar-refractivity contribution < 1.29 is 14.6 Å². The van der Waals surface area contributed by atoms with Crippen molar-refractivity contribution in [2.45, 2.75) is 31.9 Å². The zero-order valence-electron chi connectivity index (χ0n) is 12.2. The lowest BCUT2D eigenvalue weighted by Crippen LogP contribution is -2.47. The molecule has 2 atom stereocenters. The zero-order valence-corrected chi connectivity index (χ0v) is 12.2. The summed E-state index contributed by atoms with van der Waals surface area (Å²) >= 11 is 0. The Morgan fingerprint density at radius 3 is 2.70 bits per heavy atom. The van der Waals surface area contributed by atoms with Crippen LogP contribution in [-0.2, 0) is 4.74 Å². The fraction of sp³-hybridized carbons (Fsp3) is 0.625. The van der Waals surface area contributed by atoms with E-state index in [0.717, 1.165) is 37.6 Å². The molecule has 4 nitrogen and oxygen atoms in total. The first kappa shape index (κ1) is 13.9. The van der Waals surface area contributed by atoms with Crippen LogP contribution < -0.4 is 4.74 Å². The molecular formula is C16H23NO3. The molecule has 3 rings (SSSR count). The lowest BCUT2D eigenvalue weighted by atomic mass is 9.92. The number of morpholine rings is 1. The third-order valence-electron chi connectivity index (χ3n) is 4.23. The van der Waals surface area contributed by atoms with Crippen molar-refractivity contribution in [3.05, 3.63) is 29.3 Å². The van der Waals surface area contributed by atoms with Gasteiger partial charge in [0.2, 0.25) is 0 Å². The minimum Gasteiger partial charge on any atom is -0.490 e. The molecule has 0 saturated carbocycles. The second kappa shape index (κ2) is 5.72. The number of hydrogen-bond donors (Lipinski definition) is 1. The van der Waals surface area contributed by atoms with Gasteiger partial charge in [-0.05, 0) is 17.5 Å². The molecule has 110 valence electrons. The van der Waals surface area contributed by atoms with Crippen LogP contribution in [0.15, 0.2) is 18.2 Å². The van der Waals surface area contributed by atoms with Gasteiger partial charge in [-0.3, -0.25) is 4.90 Å². The highest BCUT2D eigenvalue weighted by molar-refractivity contribution is 5.42. The molecule has 0 radical (unpaired) electrons. The molecule has 20 heavy (non-hydrogen) atoms. The van der Waals surface area contributed by atoms with E-state index in [4.69, 9.17) is 9.47 Å². The molecule has 1 fully saturated rings. The van der Waals surface area contributed by atoms with E-state index in [-0.39, 0.29) is 6.04 Å². The van der Waals surface area contributed by atoms with Crippen LogP contribution >= 0.6 is 0 Å². The number of nitrogens with zero attached hydrogens (tertiary/aromatic N) is 1. The maximum atomic E-state index is 10.4. The molecule has 0 aromatic heterocycles. The number of aliphatic hydroxyl groups is 1. The van der Waals surface area contributed by atoms with E-state index in [9.17, 15) is 5.11 Å². The summed E-state index contributed by atoms with van der Waals surface area (Å²) < 4.78 is 11.1. The fourth-order valence-electron chi connectivity index (χ4n) is 3.06. The third-order valence-corrected chi connectivity index (χ3v) is 4.23. The van der Waals surface area contributed by atoms with Crippen molar-refractivity contribution in [3.63, 3.8) is 0 Å². The predicted molar refractivity (Wildman–Crippen MR) is 77.2 cm³/mol. The number of benzene rings is 1. The van der Waals surface area contributed by atoms with Gasteiger partial charge in [0.05, 0.1) is 19.3 Å². The van der Waals surface area contributed by atoms with Gasteiger partial charge in [-0.15, -0.1) is 0 Å². The lowest BCUT2D eigenvalue weighted by Gasteiger charge is -2.40. The average molecular weight is 277 g/mol. The van der Waals surface area contributed by atoms with Gasteiger partial charge in [0.25, 0.3) is 0 Å². The minimum atomic E-state index is -0.469. The Morgan fingerprint density at radius 2 is 2.00 bits per heavy atom. The van der Waals surface area contributed by atoms with E-state index >= 15 is 0 Å². The second-order valence-corrected chi connectivity index (χ2v) is 5.92. The summed E-state index contributed by atoms with van der Waals surface area (Å²) in [6.07, 6.45) is -0.469. The van der Waals surface area contributed by atoms with Gasteiger partial charge in [0.15, 0.2) is 0 Å². The topological polar surface area (TPSA) is 41.9 Å². The second-order valence-electron chi connectivity index (χ2n) is 5.92. The van der Waals surface area contributed by atoms with Crippen molar-refractivity contribution in [2.24, 2.45) is 0 Å². The van der Waals surface area contributed by atoms with Crippen molar-refractivity contribution in [2.75, 3.05) is 32.9 Å². The van der Waals surface area contributed by atoms with E-state index in [0.29, 0.717) is 12.5 Å². The lowest BCUT2D eigenvalue weighted by molar-refractivity contribution is -0.0443. The van der Waals surface area contributed by atoms with Gasteiger partial charge in [-0.25, -0.2) is 0 Å². The average Bonchev–Trinajstić information content (AvgIpc) is 2.47. The summed E-state index contributed by atoms with van der Waals surface area (Å²) in [4.78, 5) is 2.32. The maximum absolute atomic E-state index is 10.4. The van der Waals surface area contributed by atoms with Crippen molar-refractivity contribution in [3.8, 4) is 5.75 Å². The Kier molecular flexibility index (Phi) is 3.96. The fourth-order valence-corrected chi connectivity index (χ4v) is 3.06. The molecule has 0 spiro atoms. The van der Waals surface area contributed by atoms with Crippen LogP contribution in [0.4, 0.5) is 0 Å². The Balaban J connectivity index is 1.95. The highest BCUT2D eigenvalue weighted by Crippen LogP contribution is 2.38. The summed E-state index contributed by atoms with van der Waals surface area (Å²) in [5.74, 6) is 1.39. The molecule has 1 saturated heterocycles. The van der Waals surface area contributed by atoms with Crippen LogP contribution in [0.3, 0.4) is 0 Å². The van der Waals surface area contributed by atoms with Crippen molar-refractivity contribution >= 4 is 0 Å². The molecule has 0 amide bonds. The predicted octanol–water partition coefficient (Wildman–Crippen LogP) is 1.94. The molecule has 2 heterocycles. The van der Waals surface area contributed by atoms with Crippen LogP contribution in [0, 0.1) is 0 Å². The van der Waals surface area contributed by atoms with Gasteiger partial charge in [-0.2, -0.15) is 0 Å². The summed E-state index contributed by atoms with van der Waals surface area (Å²) in [6, 6.07) is 6.39. The Morgan fingerprint density at radius 1 is 1.25 bits per heavy atom. The summed E-state index contributed by atoms with van der Waals surface area (Å²) in [5.41, 5.74) is 2.41. The molecule has 1 aromatic carbocycles. The Hall–Kier alpha value is -1.10. The minimum absolute atomic E-state index is 0.0290. The van der Waals surface area contributed by atoms with E-state index in [1.165, 1.54) is 5.56 Å². The largest absolute Gasteiger partial charge is 0.490 e. The third kappa shape index (κ3) is 2.55. The molecule has 2 aliphatic rings. The molecular weight excluding hydrogens is 254 g/mol. The molecule has 2 aliphatic heterocycles. The summed E-state index contributed by atoms with van der Waals surface area (Å²) in [7, 11) is 0. The first-order valence-electron chi connectivity index (χ1n) is 7.43. The van der Waals surface area contributed by atoms with Crippen molar-refractivity contribution in [1.82, 2.24) is 4.90 Å². The standard InChI is InChI=1S/C16H23NO3/c1-11(2)12-3-4-15-13(9-12)16(14(18)10-20-15)17-5-7-19-8-6-17/h3-4,9,11,14,16,18H,5-8,10H2,1-2H3. The summed E-state index contributed by atoms with van der Waals surface area (Å²) in [6.45, 7) is 7.96. The molecule has 0 aliphatic carbocycles. The molecule has 4 heteroatoms. The normalized spacial score (nSPS) is 27.2. The van der Waals surface area contributed by atoms with Crippen LogP contribution in [0.1, 0.15) is 36.9 Å². The quantitative estimate of drug-likeness (QED) is 0.897. The molecule has 1 N–H and O–H groups in total. The van der Waals surface area contributed by atoms with Crippen LogP contribution in [0.5, 0.6) is 5.75 Å². The molecule has 1 aromatic rings. The number of aliphatic hydroxyl groups excluding tert-OH is 1. The van der Waals surface area contributed by atoms with Crippen LogP contribution in [0.2, 0.25) is 0 Å². The van der Waals surface area contributed by atoms with Gasteiger partial charge in [0, 0.05) is 18.7 Å². The first-order valence-corrected chi connectivity index (χ1v) is 7.43. The Bertz CT molecular complexity index is 469. The van der Waals surface area contributed by atoms with E-state index in [1.807, 2.05) is 6.07 Å². The molecule has 0 bridgehead atoms. The van der Waals surface area contributed by atoms with Crippen LogP contribution in [-0.4, -0.2) is 49.0 Å². The smallest absolute Gasteiger partial charge is 0.124 e. The van der Waals surface area contributed by atoms with Crippen molar-refractivity contribution in [1.29, 1.82) is 0 Å². The summed E-state index contributed by atoms with van der Waals surface area (Å²) in [5, 5.41) is 10.4. The number of rotatable bonds is 2. The number of ether oxygens (including phenoxy) is 2. The highest BCUT2D eigenvalue weighted by Gasteiger charge is 2.35. The number of hydrogen-bond acceptors (Lipinski definition) is 4. The van der Waals surface area contributed by atoms with Gasteiger partial charge < -0.3 is 14.6 Å².